The molecule has 1 aromatic rings. The van der Waals surface area contributed by atoms with Crippen molar-refractivity contribution in [2.75, 3.05) is 17.2 Å². The maximum Gasteiger partial charge on any atom is 0.238 e. The molecular weight excluding hydrogens is 208 g/mol. The van der Waals surface area contributed by atoms with E-state index in [4.69, 9.17) is 5.26 Å². The Bertz CT molecular complexity index is 359. The number of thioether (sulfide) groups is 1. The molecule has 0 saturated carbocycles. The molecule has 4 heteroatoms. The van der Waals surface area contributed by atoms with E-state index in [0.717, 1.165) is 17.4 Å². The summed E-state index contributed by atoms with van der Waals surface area (Å²) in [5, 5.41) is 10.3. The summed E-state index contributed by atoms with van der Waals surface area (Å²) in [4.78, 5) is 13.4. The largest absolute Gasteiger partial charge is 0.312 e. The van der Waals surface area contributed by atoms with Crippen molar-refractivity contribution in [1.29, 1.82) is 5.26 Å². The van der Waals surface area contributed by atoms with E-state index in [-0.39, 0.29) is 11.7 Å². The van der Waals surface area contributed by atoms with Crippen molar-refractivity contribution in [3.63, 3.8) is 0 Å². The Morgan fingerprint density at radius 1 is 1.47 bits per heavy atom. The van der Waals surface area contributed by atoms with Gasteiger partial charge in [0.05, 0.1) is 5.75 Å². The van der Waals surface area contributed by atoms with Gasteiger partial charge < -0.3 is 4.90 Å². The van der Waals surface area contributed by atoms with Gasteiger partial charge in [0.1, 0.15) is 5.40 Å². The van der Waals surface area contributed by atoms with Crippen molar-refractivity contribution in [2.45, 2.75) is 6.92 Å². The average Bonchev–Trinajstić information content (AvgIpc) is 2.29. The second kappa shape index (κ2) is 6.10. The van der Waals surface area contributed by atoms with Gasteiger partial charge in [0, 0.05) is 12.2 Å². The lowest BCUT2D eigenvalue weighted by molar-refractivity contribution is -0.116. The molecule has 0 unspecified atom stereocenters. The van der Waals surface area contributed by atoms with Crippen LogP contribution in [-0.2, 0) is 4.79 Å². The lowest BCUT2D eigenvalue weighted by Gasteiger charge is -2.20. The van der Waals surface area contributed by atoms with Crippen LogP contribution in [0.3, 0.4) is 0 Å². The van der Waals surface area contributed by atoms with E-state index in [2.05, 4.69) is 0 Å². The van der Waals surface area contributed by atoms with Crippen molar-refractivity contribution >= 4 is 23.4 Å². The molecule has 0 aliphatic rings. The first-order valence-corrected chi connectivity index (χ1v) is 5.64. The Kier molecular flexibility index (Phi) is 4.72. The zero-order valence-electron chi connectivity index (χ0n) is 8.51. The minimum atomic E-state index is -0.0322. The molecular formula is C11H12N2OS. The third-order valence-corrected chi connectivity index (χ3v) is 2.47. The number of thiocyanates is 1. The van der Waals surface area contributed by atoms with Crippen LogP contribution in [0.1, 0.15) is 6.92 Å². The number of nitrogens with zero attached hydrogens (tertiary/aromatic N) is 2. The van der Waals surface area contributed by atoms with Crippen molar-refractivity contribution in [3.05, 3.63) is 30.3 Å². The van der Waals surface area contributed by atoms with Gasteiger partial charge in [-0.25, -0.2) is 0 Å². The minimum Gasteiger partial charge on any atom is -0.312 e. The molecule has 0 bridgehead atoms. The molecule has 0 aliphatic heterocycles. The average molecular weight is 220 g/mol. The molecule has 0 aliphatic carbocycles. The maximum atomic E-state index is 11.7. The number of benzene rings is 1. The van der Waals surface area contributed by atoms with Gasteiger partial charge in [-0.2, -0.15) is 5.26 Å². The standard InChI is InChI=1S/C11H12N2OS/c1-2-13(11(14)8-15-9-12)10-6-4-3-5-7-10/h3-7H,2,8H2,1H3. The first-order valence-electron chi connectivity index (χ1n) is 4.66. The maximum absolute atomic E-state index is 11.7. The highest BCUT2D eigenvalue weighted by molar-refractivity contribution is 8.04. The number of anilines is 1. The quantitative estimate of drug-likeness (QED) is 0.731. The van der Waals surface area contributed by atoms with E-state index in [1.165, 1.54) is 0 Å². The van der Waals surface area contributed by atoms with Crippen LogP contribution in [0.5, 0.6) is 0 Å². The van der Waals surface area contributed by atoms with Gasteiger partial charge in [-0.3, -0.25) is 4.79 Å². The zero-order valence-corrected chi connectivity index (χ0v) is 9.33. The summed E-state index contributed by atoms with van der Waals surface area (Å²) in [6.45, 7) is 2.54. The first kappa shape index (κ1) is 11.6. The van der Waals surface area contributed by atoms with Crippen molar-refractivity contribution in [3.8, 4) is 5.40 Å². The van der Waals surface area contributed by atoms with E-state index in [1.54, 1.807) is 4.90 Å². The molecule has 15 heavy (non-hydrogen) atoms. The monoisotopic (exact) mass is 220 g/mol. The predicted molar refractivity (Wildman–Crippen MR) is 62.5 cm³/mol. The number of amides is 1. The Hall–Kier alpha value is -1.47. The van der Waals surface area contributed by atoms with E-state index < -0.39 is 0 Å². The predicted octanol–water partition coefficient (Wildman–Crippen LogP) is 2.25. The van der Waals surface area contributed by atoms with E-state index in [0.29, 0.717) is 6.54 Å². The lowest BCUT2D eigenvalue weighted by Crippen LogP contribution is -2.31. The summed E-state index contributed by atoms with van der Waals surface area (Å²) in [5.74, 6) is 0.175. The van der Waals surface area contributed by atoms with Gasteiger partial charge in [0.15, 0.2) is 0 Å². The summed E-state index contributed by atoms with van der Waals surface area (Å²) in [6.07, 6.45) is 0. The fourth-order valence-corrected chi connectivity index (χ4v) is 1.63. The number of carbonyl (C=O) groups excluding carboxylic acids is 1. The molecule has 0 fully saturated rings. The summed E-state index contributed by atoms with van der Waals surface area (Å²) in [7, 11) is 0. The summed E-state index contributed by atoms with van der Waals surface area (Å²) >= 11 is 0.969. The van der Waals surface area contributed by atoms with Crippen LogP contribution in [0.25, 0.3) is 0 Å². The van der Waals surface area contributed by atoms with E-state index in [1.807, 2.05) is 42.7 Å². The summed E-state index contributed by atoms with van der Waals surface area (Å²) < 4.78 is 0. The molecule has 0 heterocycles. The summed E-state index contributed by atoms with van der Waals surface area (Å²) in [5.41, 5.74) is 0.878. The van der Waals surface area contributed by atoms with Gasteiger partial charge in [-0.05, 0) is 30.8 Å². The fourth-order valence-electron chi connectivity index (χ4n) is 1.28. The van der Waals surface area contributed by atoms with Crippen LogP contribution < -0.4 is 4.90 Å². The highest BCUT2D eigenvalue weighted by atomic mass is 32.2. The van der Waals surface area contributed by atoms with Crippen LogP contribution in [0.4, 0.5) is 5.69 Å². The molecule has 1 rings (SSSR count). The molecule has 0 N–H and O–H groups in total. The molecule has 1 amide bonds. The van der Waals surface area contributed by atoms with Crippen molar-refractivity contribution in [2.24, 2.45) is 0 Å². The number of rotatable bonds is 4. The topological polar surface area (TPSA) is 44.1 Å². The zero-order chi connectivity index (χ0) is 11.1. The Morgan fingerprint density at radius 3 is 2.67 bits per heavy atom. The SMILES string of the molecule is CCN(C(=O)CSC#N)c1ccccc1. The fraction of sp³-hybridized carbons (Fsp3) is 0.273. The van der Waals surface area contributed by atoms with Crippen LogP contribution in [-0.4, -0.2) is 18.2 Å². The van der Waals surface area contributed by atoms with Crippen LogP contribution in [0.2, 0.25) is 0 Å². The Balaban J connectivity index is 2.72. The number of carbonyl (C=O) groups is 1. The third kappa shape index (κ3) is 3.30. The molecule has 78 valence electrons. The number of para-hydroxylation sites is 1. The Morgan fingerprint density at radius 2 is 2.13 bits per heavy atom. The smallest absolute Gasteiger partial charge is 0.238 e. The van der Waals surface area contributed by atoms with Gasteiger partial charge in [0.25, 0.3) is 0 Å². The van der Waals surface area contributed by atoms with E-state index >= 15 is 0 Å². The number of hydrogen-bond acceptors (Lipinski definition) is 3. The second-order valence-corrected chi connectivity index (χ2v) is 3.61. The molecule has 0 atom stereocenters. The van der Waals surface area contributed by atoms with Gasteiger partial charge in [0.2, 0.25) is 5.91 Å². The molecule has 0 radical (unpaired) electrons. The van der Waals surface area contributed by atoms with E-state index in [9.17, 15) is 4.79 Å². The normalized spacial score (nSPS) is 9.33. The molecule has 1 aromatic carbocycles. The van der Waals surface area contributed by atoms with Crippen LogP contribution in [0.15, 0.2) is 30.3 Å². The van der Waals surface area contributed by atoms with Crippen molar-refractivity contribution in [1.82, 2.24) is 0 Å². The van der Waals surface area contributed by atoms with Crippen LogP contribution in [0, 0.1) is 10.7 Å². The van der Waals surface area contributed by atoms with Crippen molar-refractivity contribution < 1.29 is 4.79 Å². The highest BCUT2D eigenvalue weighted by Gasteiger charge is 2.12. The molecule has 0 saturated heterocycles. The van der Waals surface area contributed by atoms with Gasteiger partial charge >= 0.3 is 0 Å². The van der Waals surface area contributed by atoms with Gasteiger partial charge in [-0.1, -0.05) is 18.2 Å². The van der Waals surface area contributed by atoms with Gasteiger partial charge in [-0.15, -0.1) is 0 Å². The van der Waals surface area contributed by atoms with Crippen LogP contribution >= 0.6 is 11.8 Å². The molecule has 0 spiro atoms. The highest BCUT2D eigenvalue weighted by Crippen LogP contribution is 2.14. The first-order chi connectivity index (χ1) is 7.29. The number of hydrogen-bond donors (Lipinski definition) is 0. The minimum absolute atomic E-state index is 0.0322. The number of nitriles is 1. The third-order valence-electron chi connectivity index (χ3n) is 1.95. The summed E-state index contributed by atoms with van der Waals surface area (Å²) in [6, 6.07) is 9.47. The second-order valence-electron chi connectivity index (χ2n) is 2.85. The molecule has 3 nitrogen and oxygen atoms in total. The molecule has 0 aromatic heterocycles. The lowest BCUT2D eigenvalue weighted by atomic mass is 10.3. The Labute approximate surface area is 93.7 Å².